The number of methoxy groups -OCH3 is 1. The van der Waals surface area contributed by atoms with Crippen molar-refractivity contribution in [3.05, 3.63) is 138 Å². The van der Waals surface area contributed by atoms with Crippen LogP contribution in [0.25, 0.3) is 0 Å². The van der Waals surface area contributed by atoms with Crippen molar-refractivity contribution in [1.29, 1.82) is 5.26 Å². The number of hydrogen-bond acceptors (Lipinski definition) is 5. The molecule has 1 atom stereocenters. The first-order chi connectivity index (χ1) is 17.2. The van der Waals surface area contributed by atoms with E-state index >= 15 is 0 Å². The molecule has 5 nitrogen and oxygen atoms in total. The van der Waals surface area contributed by atoms with Crippen LogP contribution in [0.15, 0.2) is 115 Å². The van der Waals surface area contributed by atoms with Gasteiger partial charge in [0, 0.05) is 0 Å². The molecule has 1 N–H and O–H groups in total. The highest BCUT2D eigenvalue weighted by molar-refractivity contribution is 5.76. The highest BCUT2D eigenvalue weighted by Gasteiger charge is 2.40. The third kappa shape index (κ3) is 5.24. The normalized spacial score (nSPS) is 11.8. The van der Waals surface area contributed by atoms with Crippen molar-refractivity contribution < 1.29 is 14.3 Å². The summed E-state index contributed by atoms with van der Waals surface area (Å²) in [5.74, 6) is 0.121. The van der Waals surface area contributed by atoms with Crippen molar-refractivity contribution in [3.8, 4) is 11.8 Å². The van der Waals surface area contributed by atoms with Crippen LogP contribution >= 0.6 is 0 Å². The maximum atomic E-state index is 13.0. The number of carbonyl (C=O) groups is 1. The molecule has 0 amide bonds. The molecule has 0 aliphatic carbocycles. The van der Waals surface area contributed by atoms with Gasteiger partial charge in [0.25, 0.3) is 0 Å². The van der Waals surface area contributed by atoms with Crippen LogP contribution in [-0.2, 0) is 15.1 Å². The van der Waals surface area contributed by atoms with Gasteiger partial charge in [0.2, 0.25) is 0 Å². The minimum Gasteiger partial charge on any atom is -0.491 e. The van der Waals surface area contributed by atoms with Gasteiger partial charge in [0.05, 0.1) is 24.3 Å². The molecule has 0 heterocycles. The molecular formula is C30H26N2O3. The van der Waals surface area contributed by atoms with E-state index in [0.29, 0.717) is 11.3 Å². The molecule has 35 heavy (non-hydrogen) atoms. The summed E-state index contributed by atoms with van der Waals surface area (Å²) in [6.07, 6.45) is 0. The van der Waals surface area contributed by atoms with Crippen molar-refractivity contribution in [3.63, 3.8) is 0 Å². The second-order valence-electron chi connectivity index (χ2n) is 8.02. The Morgan fingerprint density at radius 2 is 1.26 bits per heavy atom. The lowest BCUT2D eigenvalue weighted by atomic mass is 9.76. The largest absolute Gasteiger partial charge is 0.491 e. The van der Waals surface area contributed by atoms with E-state index in [9.17, 15) is 4.79 Å². The number of nitrogens with one attached hydrogen (secondary N) is 1. The minimum absolute atomic E-state index is 0.0345. The molecule has 4 aromatic carbocycles. The maximum Gasteiger partial charge on any atom is 0.326 e. The van der Waals surface area contributed by atoms with Gasteiger partial charge in [-0.3, -0.25) is 10.1 Å². The number of ether oxygens (including phenoxy) is 2. The number of benzene rings is 4. The molecule has 0 radical (unpaired) electrons. The lowest BCUT2D eigenvalue weighted by Gasteiger charge is -2.39. The van der Waals surface area contributed by atoms with E-state index in [2.05, 4.69) is 11.4 Å². The van der Waals surface area contributed by atoms with Crippen molar-refractivity contribution >= 4 is 5.97 Å². The highest BCUT2D eigenvalue weighted by atomic mass is 16.5. The van der Waals surface area contributed by atoms with Crippen molar-refractivity contribution in [2.45, 2.75) is 11.6 Å². The lowest BCUT2D eigenvalue weighted by Crippen LogP contribution is -2.55. The summed E-state index contributed by atoms with van der Waals surface area (Å²) in [7, 11) is 1.37. The molecule has 0 bridgehead atoms. The lowest BCUT2D eigenvalue weighted by molar-refractivity contribution is -0.144. The molecule has 0 aliphatic rings. The molecule has 4 aromatic rings. The number of nitriles is 1. The summed E-state index contributed by atoms with van der Waals surface area (Å²) in [5.41, 5.74) is 2.62. The third-order valence-corrected chi connectivity index (χ3v) is 5.90. The Morgan fingerprint density at radius 1 is 0.800 bits per heavy atom. The smallest absolute Gasteiger partial charge is 0.326 e. The zero-order valence-electron chi connectivity index (χ0n) is 19.4. The van der Waals surface area contributed by atoms with Gasteiger partial charge in [-0.1, -0.05) is 91.0 Å². The van der Waals surface area contributed by atoms with Crippen molar-refractivity contribution in [2.75, 3.05) is 13.7 Å². The monoisotopic (exact) mass is 462 g/mol. The first kappa shape index (κ1) is 23.7. The van der Waals surface area contributed by atoms with E-state index in [1.54, 1.807) is 24.3 Å². The number of rotatable bonds is 9. The standard InChI is InChI=1S/C30H26N2O3/c1-34-29(33)28(22-35-27-19-17-23(21-31)18-20-27)32-30(24-11-5-2-6-12-24,25-13-7-3-8-14-25)26-15-9-4-10-16-26/h2-20,28,32H,22H2,1H3/t28-/m1/s1. The van der Waals surface area contributed by atoms with Gasteiger partial charge >= 0.3 is 5.97 Å². The fourth-order valence-electron chi connectivity index (χ4n) is 4.19. The van der Waals surface area contributed by atoms with Gasteiger partial charge in [-0.15, -0.1) is 0 Å². The molecular weight excluding hydrogens is 436 g/mol. The van der Waals surface area contributed by atoms with Crippen molar-refractivity contribution in [1.82, 2.24) is 5.32 Å². The summed E-state index contributed by atoms with van der Waals surface area (Å²) < 4.78 is 11.1. The van der Waals surface area contributed by atoms with E-state index in [1.807, 2.05) is 91.0 Å². The van der Waals surface area contributed by atoms with Crippen LogP contribution in [0.4, 0.5) is 0 Å². The van der Waals surface area contributed by atoms with E-state index in [-0.39, 0.29) is 6.61 Å². The second-order valence-corrected chi connectivity index (χ2v) is 8.02. The fraction of sp³-hybridized carbons (Fsp3) is 0.133. The molecule has 0 saturated heterocycles. The van der Waals surface area contributed by atoms with Gasteiger partial charge in [0.15, 0.2) is 0 Å². The molecule has 5 heteroatoms. The Morgan fingerprint density at radius 3 is 1.66 bits per heavy atom. The van der Waals surface area contributed by atoms with Crippen LogP contribution in [0.5, 0.6) is 5.75 Å². The van der Waals surface area contributed by atoms with E-state index in [1.165, 1.54) is 7.11 Å². The molecule has 0 saturated carbocycles. The Kier molecular flexibility index (Phi) is 7.57. The maximum absolute atomic E-state index is 13.0. The molecule has 0 aromatic heterocycles. The molecule has 0 spiro atoms. The first-order valence-electron chi connectivity index (χ1n) is 11.3. The summed E-state index contributed by atoms with van der Waals surface area (Å²) in [6.45, 7) is 0.0345. The number of esters is 1. The van der Waals surface area contributed by atoms with Crippen LogP contribution in [0, 0.1) is 11.3 Å². The van der Waals surface area contributed by atoms with E-state index < -0.39 is 17.6 Å². The average Bonchev–Trinajstić information content (AvgIpc) is 2.94. The van der Waals surface area contributed by atoms with Crippen LogP contribution in [0.3, 0.4) is 0 Å². The van der Waals surface area contributed by atoms with Crippen LogP contribution in [0.2, 0.25) is 0 Å². The van der Waals surface area contributed by atoms with Crippen LogP contribution in [0.1, 0.15) is 22.3 Å². The Hall–Kier alpha value is -4.40. The minimum atomic E-state index is -0.851. The van der Waals surface area contributed by atoms with Crippen LogP contribution < -0.4 is 10.1 Å². The Balaban J connectivity index is 1.79. The van der Waals surface area contributed by atoms with Gasteiger partial charge in [-0.05, 0) is 41.0 Å². The molecule has 0 unspecified atom stereocenters. The highest BCUT2D eigenvalue weighted by Crippen LogP contribution is 2.37. The van der Waals surface area contributed by atoms with Crippen molar-refractivity contribution in [2.24, 2.45) is 0 Å². The van der Waals surface area contributed by atoms with Gasteiger partial charge in [-0.25, -0.2) is 0 Å². The van der Waals surface area contributed by atoms with Gasteiger partial charge < -0.3 is 9.47 Å². The summed E-state index contributed by atoms with van der Waals surface area (Å²) >= 11 is 0. The quantitative estimate of drug-likeness (QED) is 0.278. The number of hydrogen-bond donors (Lipinski definition) is 1. The van der Waals surface area contributed by atoms with E-state index in [0.717, 1.165) is 16.7 Å². The third-order valence-electron chi connectivity index (χ3n) is 5.90. The first-order valence-corrected chi connectivity index (χ1v) is 11.3. The predicted molar refractivity (Wildman–Crippen MR) is 135 cm³/mol. The number of nitrogens with zero attached hydrogens (tertiary/aromatic N) is 1. The van der Waals surface area contributed by atoms with E-state index in [4.69, 9.17) is 14.7 Å². The summed E-state index contributed by atoms with van der Waals surface area (Å²) in [6, 6.07) is 38.2. The zero-order valence-corrected chi connectivity index (χ0v) is 19.4. The number of carbonyl (C=O) groups excluding carboxylic acids is 1. The SMILES string of the molecule is COC(=O)[C@@H](COc1ccc(C#N)cc1)NC(c1ccccc1)(c1ccccc1)c1ccccc1. The Labute approximate surface area is 205 Å². The van der Waals surface area contributed by atoms with Gasteiger partial charge in [-0.2, -0.15) is 5.26 Å². The summed E-state index contributed by atoms with van der Waals surface area (Å²) in [4.78, 5) is 13.0. The average molecular weight is 463 g/mol. The molecule has 4 rings (SSSR count). The Bertz CT molecular complexity index is 1170. The topological polar surface area (TPSA) is 71.3 Å². The zero-order chi connectivity index (χ0) is 24.5. The van der Waals surface area contributed by atoms with Gasteiger partial charge in [0.1, 0.15) is 18.4 Å². The summed E-state index contributed by atoms with van der Waals surface area (Å²) in [5, 5.41) is 12.6. The molecule has 0 fully saturated rings. The molecule has 0 aliphatic heterocycles. The fourth-order valence-corrected chi connectivity index (χ4v) is 4.19. The predicted octanol–water partition coefficient (Wildman–Crippen LogP) is 5.06. The van der Waals surface area contributed by atoms with Crippen LogP contribution in [-0.4, -0.2) is 25.7 Å². The molecule has 174 valence electrons. The second kappa shape index (κ2) is 11.1.